The Morgan fingerprint density at radius 2 is 1.86 bits per heavy atom. The molecule has 0 aromatic heterocycles. The van der Waals surface area contributed by atoms with E-state index in [0.717, 1.165) is 15.7 Å². The molecular weight excluding hydrogens is 344 g/mol. The Morgan fingerprint density at radius 3 is 2.64 bits per heavy atom. The van der Waals surface area contributed by atoms with Crippen LogP contribution in [0.2, 0.25) is 0 Å². The molecule has 1 amide bonds. The molecule has 1 heterocycles. The van der Waals surface area contributed by atoms with Crippen LogP contribution in [0.5, 0.6) is 0 Å². The van der Waals surface area contributed by atoms with E-state index in [9.17, 15) is 4.79 Å². The number of carbonyl (C=O) groups is 1. The third-order valence-corrected chi connectivity index (χ3v) is 4.03. The van der Waals surface area contributed by atoms with Crippen molar-refractivity contribution in [3.05, 3.63) is 76.3 Å². The van der Waals surface area contributed by atoms with Gasteiger partial charge in [0, 0.05) is 4.47 Å². The normalized spacial score (nSPS) is 16.8. The second kappa shape index (κ2) is 6.77. The van der Waals surface area contributed by atoms with Crippen molar-refractivity contribution in [1.82, 2.24) is 10.8 Å². The van der Waals surface area contributed by atoms with Gasteiger partial charge in [0.15, 0.2) is 0 Å². The van der Waals surface area contributed by atoms with E-state index in [0.29, 0.717) is 12.1 Å². The van der Waals surface area contributed by atoms with Crippen LogP contribution in [0, 0.1) is 0 Å². The molecule has 1 aliphatic heterocycles. The summed E-state index contributed by atoms with van der Waals surface area (Å²) in [7, 11) is 0. The molecule has 2 aromatic rings. The van der Waals surface area contributed by atoms with Gasteiger partial charge in [-0.15, -0.1) is 0 Å². The van der Waals surface area contributed by atoms with E-state index in [1.807, 2.05) is 54.6 Å². The summed E-state index contributed by atoms with van der Waals surface area (Å²) in [6.45, 7) is 0.406. The van der Waals surface area contributed by atoms with E-state index in [2.05, 4.69) is 26.7 Å². The molecule has 112 valence electrons. The number of hydrogen-bond acceptors (Lipinski definition) is 3. The zero-order valence-electron chi connectivity index (χ0n) is 11.8. The fourth-order valence-corrected chi connectivity index (χ4v) is 2.67. The van der Waals surface area contributed by atoms with Gasteiger partial charge in [-0.25, -0.2) is 0 Å². The first-order valence-corrected chi connectivity index (χ1v) is 7.75. The molecule has 0 radical (unpaired) electrons. The lowest BCUT2D eigenvalue weighted by atomic mass is 10.1. The number of amides is 1. The molecule has 0 saturated carbocycles. The van der Waals surface area contributed by atoms with Crippen molar-refractivity contribution < 1.29 is 9.63 Å². The summed E-state index contributed by atoms with van der Waals surface area (Å²) in [6.07, 6.45) is 1.77. The maximum atomic E-state index is 12.1. The quantitative estimate of drug-likeness (QED) is 0.882. The first-order chi connectivity index (χ1) is 10.7. The van der Waals surface area contributed by atoms with E-state index >= 15 is 0 Å². The number of benzene rings is 2. The van der Waals surface area contributed by atoms with E-state index in [1.54, 1.807) is 6.07 Å². The van der Waals surface area contributed by atoms with Gasteiger partial charge in [-0.05, 0) is 39.7 Å². The fraction of sp³-hybridized carbons (Fsp3) is 0.118. The number of hydrogen-bond donors (Lipinski definition) is 2. The minimum Gasteiger partial charge on any atom is -0.349 e. The van der Waals surface area contributed by atoms with Gasteiger partial charge in [0.1, 0.15) is 6.10 Å². The van der Waals surface area contributed by atoms with Crippen LogP contribution in [-0.4, -0.2) is 18.6 Å². The lowest BCUT2D eigenvalue weighted by Gasteiger charge is -2.10. The van der Waals surface area contributed by atoms with Crippen LogP contribution >= 0.6 is 15.9 Å². The predicted molar refractivity (Wildman–Crippen MR) is 88.9 cm³/mol. The molecule has 0 bridgehead atoms. The van der Waals surface area contributed by atoms with Crippen molar-refractivity contribution in [2.24, 2.45) is 0 Å². The van der Waals surface area contributed by atoms with Crippen molar-refractivity contribution in [3.63, 3.8) is 0 Å². The van der Waals surface area contributed by atoms with Crippen LogP contribution < -0.4 is 10.8 Å². The SMILES string of the molecule is O=C(NC[C@H]1C=C(c2ccccc2)NO1)c1ccccc1Br. The Morgan fingerprint density at radius 1 is 1.14 bits per heavy atom. The highest BCUT2D eigenvalue weighted by Gasteiger charge is 2.18. The average Bonchev–Trinajstić information content (AvgIpc) is 3.03. The van der Waals surface area contributed by atoms with Crippen LogP contribution in [0.4, 0.5) is 0 Å². The number of rotatable bonds is 4. The van der Waals surface area contributed by atoms with Crippen LogP contribution in [0.15, 0.2) is 65.1 Å². The second-order valence-electron chi connectivity index (χ2n) is 4.89. The van der Waals surface area contributed by atoms with E-state index in [1.165, 1.54) is 0 Å². The van der Waals surface area contributed by atoms with Crippen molar-refractivity contribution >= 4 is 27.5 Å². The molecule has 1 aliphatic rings. The van der Waals surface area contributed by atoms with Crippen molar-refractivity contribution in [2.45, 2.75) is 6.10 Å². The van der Waals surface area contributed by atoms with Crippen LogP contribution in [0.3, 0.4) is 0 Å². The molecule has 2 aromatic carbocycles. The smallest absolute Gasteiger partial charge is 0.252 e. The van der Waals surface area contributed by atoms with Crippen LogP contribution in [0.1, 0.15) is 15.9 Å². The molecule has 1 atom stereocenters. The third kappa shape index (κ3) is 3.37. The number of carbonyl (C=O) groups excluding carboxylic acids is 1. The lowest BCUT2D eigenvalue weighted by molar-refractivity contribution is 0.0498. The Bertz CT molecular complexity index is 701. The summed E-state index contributed by atoms with van der Waals surface area (Å²) in [4.78, 5) is 17.6. The Kier molecular flexibility index (Phi) is 4.56. The third-order valence-electron chi connectivity index (χ3n) is 3.34. The maximum Gasteiger partial charge on any atom is 0.252 e. The zero-order valence-corrected chi connectivity index (χ0v) is 13.3. The van der Waals surface area contributed by atoms with Crippen molar-refractivity contribution in [2.75, 3.05) is 6.54 Å². The molecule has 2 N–H and O–H groups in total. The highest BCUT2D eigenvalue weighted by atomic mass is 79.9. The molecular formula is C17H15BrN2O2. The minimum absolute atomic E-state index is 0.127. The molecule has 0 aliphatic carbocycles. The minimum atomic E-state index is -0.193. The first kappa shape index (κ1) is 14.8. The van der Waals surface area contributed by atoms with Gasteiger partial charge < -0.3 is 5.32 Å². The van der Waals surface area contributed by atoms with Gasteiger partial charge in [0.05, 0.1) is 17.8 Å². The predicted octanol–water partition coefficient (Wildman–Crippen LogP) is 3.12. The van der Waals surface area contributed by atoms with Gasteiger partial charge in [-0.2, -0.15) is 0 Å². The number of nitrogens with one attached hydrogen (secondary N) is 2. The lowest BCUT2D eigenvalue weighted by Crippen LogP contribution is -2.32. The number of hydroxylamine groups is 1. The van der Waals surface area contributed by atoms with E-state index < -0.39 is 0 Å². The van der Waals surface area contributed by atoms with Gasteiger partial charge in [-0.1, -0.05) is 42.5 Å². The van der Waals surface area contributed by atoms with Gasteiger partial charge >= 0.3 is 0 Å². The van der Waals surface area contributed by atoms with Gasteiger partial charge in [0.2, 0.25) is 0 Å². The highest BCUT2D eigenvalue weighted by molar-refractivity contribution is 9.10. The highest BCUT2D eigenvalue weighted by Crippen LogP contribution is 2.18. The largest absolute Gasteiger partial charge is 0.349 e. The molecule has 5 heteroatoms. The summed E-state index contributed by atoms with van der Waals surface area (Å²) in [5, 5.41) is 2.88. The Hall–Kier alpha value is -2.11. The van der Waals surface area contributed by atoms with E-state index in [4.69, 9.17) is 4.84 Å². The standard InChI is InChI=1S/C17H15BrN2O2/c18-15-9-5-4-8-14(15)17(21)19-11-13-10-16(20-22-13)12-6-2-1-3-7-12/h1-10,13,20H,11H2,(H,19,21)/t13-/m1/s1. The van der Waals surface area contributed by atoms with Gasteiger partial charge in [0.25, 0.3) is 5.91 Å². The molecule has 0 unspecified atom stereocenters. The molecule has 0 spiro atoms. The maximum absolute atomic E-state index is 12.1. The summed E-state index contributed by atoms with van der Waals surface area (Å²) in [5.41, 5.74) is 5.49. The summed E-state index contributed by atoms with van der Waals surface area (Å²) in [6, 6.07) is 17.2. The molecule has 4 nitrogen and oxygen atoms in total. The van der Waals surface area contributed by atoms with Crippen molar-refractivity contribution in [1.29, 1.82) is 0 Å². The van der Waals surface area contributed by atoms with Gasteiger partial charge in [-0.3, -0.25) is 15.1 Å². The monoisotopic (exact) mass is 358 g/mol. The Labute approximate surface area is 137 Å². The second-order valence-corrected chi connectivity index (χ2v) is 5.75. The molecule has 3 rings (SSSR count). The average molecular weight is 359 g/mol. The topological polar surface area (TPSA) is 50.4 Å². The number of halogens is 1. The molecule has 22 heavy (non-hydrogen) atoms. The zero-order chi connectivity index (χ0) is 15.4. The summed E-state index contributed by atoms with van der Waals surface area (Å²) < 4.78 is 0.776. The van der Waals surface area contributed by atoms with Crippen molar-refractivity contribution in [3.8, 4) is 0 Å². The summed E-state index contributed by atoms with van der Waals surface area (Å²) in [5.74, 6) is -0.127. The summed E-state index contributed by atoms with van der Waals surface area (Å²) >= 11 is 3.37. The molecule has 0 saturated heterocycles. The Balaban J connectivity index is 1.60. The first-order valence-electron chi connectivity index (χ1n) is 6.95. The molecule has 0 fully saturated rings. The fourth-order valence-electron chi connectivity index (χ4n) is 2.20. The van der Waals surface area contributed by atoms with Crippen LogP contribution in [-0.2, 0) is 4.84 Å². The van der Waals surface area contributed by atoms with Crippen LogP contribution in [0.25, 0.3) is 5.70 Å². The van der Waals surface area contributed by atoms with E-state index in [-0.39, 0.29) is 12.0 Å².